The van der Waals surface area contributed by atoms with Gasteiger partial charge in [0.1, 0.15) is 18.5 Å². The van der Waals surface area contributed by atoms with Gasteiger partial charge >= 0.3 is 0 Å². The molecule has 0 aliphatic carbocycles. The Hall–Kier alpha value is -4.59. The van der Waals surface area contributed by atoms with Crippen LogP contribution in [0.2, 0.25) is 0 Å². The van der Waals surface area contributed by atoms with Crippen molar-refractivity contribution < 1.29 is 4.79 Å². The molecule has 3 aromatic heterocycles. The third kappa shape index (κ3) is 4.78. The van der Waals surface area contributed by atoms with Gasteiger partial charge in [0.25, 0.3) is 5.91 Å². The van der Waals surface area contributed by atoms with Gasteiger partial charge in [0.2, 0.25) is 0 Å². The fourth-order valence-electron chi connectivity index (χ4n) is 4.50. The van der Waals surface area contributed by atoms with Crippen LogP contribution < -0.4 is 10.2 Å². The molecule has 1 aliphatic rings. The molecule has 6 rings (SSSR count). The van der Waals surface area contributed by atoms with Crippen molar-refractivity contribution >= 4 is 39.6 Å². The summed E-state index contributed by atoms with van der Waals surface area (Å²) in [5.41, 5.74) is 7.67. The molecule has 0 atom stereocenters. The van der Waals surface area contributed by atoms with Gasteiger partial charge in [0, 0.05) is 35.1 Å². The number of nitrogens with one attached hydrogen (secondary N) is 1. The number of nitrogens with zero attached hydrogens (tertiary/aromatic N) is 6. The van der Waals surface area contributed by atoms with Crippen LogP contribution in [0, 0.1) is 6.92 Å². The Kier molecular flexibility index (Phi) is 6.64. The molecular formula is C29H29N7O. The molecule has 1 fully saturated rings. The van der Waals surface area contributed by atoms with Gasteiger partial charge in [-0.3, -0.25) is 4.79 Å². The van der Waals surface area contributed by atoms with E-state index in [1.54, 1.807) is 22.1 Å². The van der Waals surface area contributed by atoms with E-state index in [1.165, 1.54) is 16.7 Å². The van der Waals surface area contributed by atoms with Crippen molar-refractivity contribution in [2.45, 2.75) is 33.6 Å². The van der Waals surface area contributed by atoms with Crippen LogP contribution >= 0.6 is 0 Å². The molecule has 4 heterocycles. The van der Waals surface area contributed by atoms with Crippen molar-refractivity contribution in [1.29, 1.82) is 0 Å². The molecule has 0 spiro atoms. The smallest absolute Gasteiger partial charge is 0.253 e. The Balaban J connectivity index is 0.00000137. The number of carbonyl (C=O) groups excluding carboxylic acids is 1. The van der Waals surface area contributed by atoms with Crippen molar-refractivity contribution in [2.24, 2.45) is 0 Å². The predicted molar refractivity (Wildman–Crippen MR) is 147 cm³/mol. The van der Waals surface area contributed by atoms with E-state index in [2.05, 4.69) is 69.2 Å². The maximum atomic E-state index is 12.4. The number of aryl methyl sites for hydroxylation is 1. The first-order valence-electron chi connectivity index (χ1n) is 12.4. The zero-order valence-electron chi connectivity index (χ0n) is 21.3. The lowest BCUT2D eigenvalue weighted by Crippen LogP contribution is -2.24. The quantitative estimate of drug-likeness (QED) is 0.320. The first-order valence-corrected chi connectivity index (χ1v) is 12.4. The fourth-order valence-corrected chi connectivity index (χ4v) is 4.50. The summed E-state index contributed by atoms with van der Waals surface area (Å²) < 4.78 is 1.76. The minimum atomic E-state index is -0.0231. The number of carbonyl (C=O) groups is 1. The molecule has 0 bridgehead atoms. The Bertz CT molecular complexity index is 1620. The highest BCUT2D eigenvalue weighted by Crippen LogP contribution is 2.31. The summed E-state index contributed by atoms with van der Waals surface area (Å²) in [4.78, 5) is 27.4. The lowest BCUT2D eigenvalue weighted by atomic mass is 10.0. The molecule has 0 saturated carbocycles. The van der Waals surface area contributed by atoms with Crippen LogP contribution in [0.5, 0.6) is 0 Å². The highest BCUT2D eigenvalue weighted by Gasteiger charge is 2.25. The van der Waals surface area contributed by atoms with Crippen LogP contribution in [0.25, 0.3) is 16.6 Å². The normalized spacial score (nSPS) is 13.2. The van der Waals surface area contributed by atoms with Crippen LogP contribution in [0.3, 0.4) is 0 Å². The molecule has 8 heteroatoms. The summed E-state index contributed by atoms with van der Waals surface area (Å²) in [6, 6.07) is 16.3. The molecule has 0 unspecified atom stereocenters. The number of amides is 1. The van der Waals surface area contributed by atoms with Crippen molar-refractivity contribution in [3.63, 3.8) is 0 Å². The van der Waals surface area contributed by atoms with E-state index in [0.717, 1.165) is 34.3 Å². The van der Waals surface area contributed by atoms with E-state index < -0.39 is 0 Å². The summed E-state index contributed by atoms with van der Waals surface area (Å²) in [5.74, 6) is 0.678. The standard InChI is InChI=1S/C27H23N7O.C2H6/c1-17-7-9-33(27(17)35)22-5-6-24-23(14-22)26(30-15-28-24)32-21-4-3-20(18(2)11-21)12-19-8-10-34-25(13-19)29-16-31-34;1-2/h3-6,8,10-11,13-16H,1,7,9,12H2,2H3,(H,28,30,32);1-2H3. The molecule has 1 saturated heterocycles. The molecule has 0 radical (unpaired) electrons. The van der Waals surface area contributed by atoms with Gasteiger partial charge in [-0.05, 0) is 78.9 Å². The van der Waals surface area contributed by atoms with E-state index in [0.29, 0.717) is 24.4 Å². The summed E-state index contributed by atoms with van der Waals surface area (Å²) in [5, 5.41) is 8.46. The second-order valence-corrected chi connectivity index (χ2v) is 8.77. The summed E-state index contributed by atoms with van der Waals surface area (Å²) >= 11 is 0. The Labute approximate surface area is 215 Å². The number of aromatic nitrogens is 5. The molecule has 2 aromatic carbocycles. The predicted octanol–water partition coefficient (Wildman–Crippen LogP) is 5.63. The second kappa shape index (κ2) is 10.2. The van der Waals surface area contributed by atoms with Crippen LogP contribution in [0.1, 0.15) is 37.0 Å². The maximum Gasteiger partial charge on any atom is 0.253 e. The molecule has 186 valence electrons. The van der Waals surface area contributed by atoms with Gasteiger partial charge < -0.3 is 10.2 Å². The third-order valence-corrected chi connectivity index (χ3v) is 6.46. The van der Waals surface area contributed by atoms with E-state index in [4.69, 9.17) is 0 Å². The van der Waals surface area contributed by atoms with Crippen LogP contribution in [0.4, 0.5) is 17.2 Å². The molecule has 1 amide bonds. The van der Waals surface area contributed by atoms with Crippen molar-refractivity contribution in [3.8, 4) is 0 Å². The van der Waals surface area contributed by atoms with Crippen molar-refractivity contribution in [1.82, 2.24) is 24.6 Å². The Morgan fingerprint density at radius 1 is 1.00 bits per heavy atom. The van der Waals surface area contributed by atoms with Gasteiger partial charge in [0.15, 0.2) is 5.65 Å². The highest BCUT2D eigenvalue weighted by molar-refractivity contribution is 6.08. The molecular weight excluding hydrogens is 462 g/mol. The molecule has 1 aliphatic heterocycles. The number of benzene rings is 2. The monoisotopic (exact) mass is 491 g/mol. The average molecular weight is 492 g/mol. The van der Waals surface area contributed by atoms with Gasteiger partial charge in [-0.1, -0.05) is 26.5 Å². The SMILES string of the molecule is C=C1CCN(c2ccc3ncnc(Nc4ccc(Cc5ccn6ncnc6c5)c(C)c4)c3c2)C1=O.CC. The summed E-state index contributed by atoms with van der Waals surface area (Å²) in [7, 11) is 0. The lowest BCUT2D eigenvalue weighted by molar-refractivity contribution is -0.114. The van der Waals surface area contributed by atoms with Gasteiger partial charge in [0.05, 0.1) is 5.52 Å². The summed E-state index contributed by atoms with van der Waals surface area (Å²) in [6.45, 7) is 10.6. The lowest BCUT2D eigenvalue weighted by Gasteiger charge is -2.17. The molecule has 37 heavy (non-hydrogen) atoms. The minimum absolute atomic E-state index is 0.0231. The van der Waals surface area contributed by atoms with E-state index in [-0.39, 0.29) is 5.91 Å². The maximum absolute atomic E-state index is 12.4. The zero-order chi connectivity index (χ0) is 25.9. The number of hydrogen-bond donors (Lipinski definition) is 1. The van der Waals surface area contributed by atoms with E-state index in [1.807, 2.05) is 38.2 Å². The number of fused-ring (bicyclic) bond motifs is 2. The van der Waals surface area contributed by atoms with E-state index >= 15 is 0 Å². The van der Waals surface area contributed by atoms with E-state index in [9.17, 15) is 4.79 Å². The van der Waals surface area contributed by atoms with Gasteiger partial charge in [-0.15, -0.1) is 0 Å². The van der Waals surface area contributed by atoms with Gasteiger partial charge in [-0.2, -0.15) is 5.10 Å². The van der Waals surface area contributed by atoms with Crippen molar-refractivity contribution in [3.05, 3.63) is 96.2 Å². The highest BCUT2D eigenvalue weighted by atomic mass is 16.2. The van der Waals surface area contributed by atoms with Crippen LogP contribution in [0.15, 0.2) is 79.5 Å². The van der Waals surface area contributed by atoms with Crippen molar-refractivity contribution in [2.75, 3.05) is 16.8 Å². The second-order valence-electron chi connectivity index (χ2n) is 8.77. The molecule has 8 nitrogen and oxygen atoms in total. The number of hydrogen-bond acceptors (Lipinski definition) is 6. The number of anilines is 3. The van der Waals surface area contributed by atoms with Crippen LogP contribution in [-0.4, -0.2) is 37.0 Å². The van der Waals surface area contributed by atoms with Gasteiger partial charge in [-0.25, -0.2) is 19.5 Å². The summed E-state index contributed by atoms with van der Waals surface area (Å²) in [6.07, 6.45) is 6.54. The number of pyridine rings is 1. The Morgan fingerprint density at radius 3 is 2.65 bits per heavy atom. The Morgan fingerprint density at radius 2 is 1.86 bits per heavy atom. The average Bonchev–Trinajstić information content (AvgIpc) is 3.52. The number of rotatable bonds is 5. The largest absolute Gasteiger partial charge is 0.340 e. The zero-order valence-corrected chi connectivity index (χ0v) is 21.3. The molecule has 5 aromatic rings. The topological polar surface area (TPSA) is 88.3 Å². The molecule has 1 N–H and O–H groups in total. The first kappa shape index (κ1) is 24.1. The fraction of sp³-hybridized carbons (Fsp3) is 0.207. The first-order chi connectivity index (χ1) is 18.0. The van der Waals surface area contributed by atoms with Crippen LogP contribution in [-0.2, 0) is 11.2 Å². The minimum Gasteiger partial charge on any atom is -0.340 e. The third-order valence-electron chi connectivity index (χ3n) is 6.46.